The zero-order valence-corrected chi connectivity index (χ0v) is 11.7. The topological polar surface area (TPSA) is 56.0 Å². The van der Waals surface area contributed by atoms with Crippen molar-refractivity contribution in [3.8, 4) is 0 Å². The average molecular weight is 287 g/mol. The first-order valence-electron chi connectivity index (χ1n) is 6.09. The van der Waals surface area contributed by atoms with Gasteiger partial charge in [-0.3, -0.25) is 4.79 Å². The van der Waals surface area contributed by atoms with E-state index in [1.165, 1.54) is 0 Å². The highest BCUT2D eigenvalue weighted by atomic mass is 35.5. The number of rotatable bonds is 2. The number of furan rings is 1. The Kier molecular flexibility index (Phi) is 3.03. The van der Waals surface area contributed by atoms with Gasteiger partial charge in [0.1, 0.15) is 5.58 Å². The van der Waals surface area contributed by atoms with E-state index < -0.39 is 0 Å². The molecule has 2 aromatic heterocycles. The largest absolute Gasteiger partial charge is 0.453 e. The van der Waals surface area contributed by atoms with Gasteiger partial charge >= 0.3 is 0 Å². The highest BCUT2D eigenvalue weighted by Gasteiger charge is 2.18. The van der Waals surface area contributed by atoms with Crippen molar-refractivity contribution >= 4 is 28.4 Å². The Morgan fingerprint density at radius 2 is 1.95 bits per heavy atom. The van der Waals surface area contributed by atoms with Gasteiger partial charge in [0.05, 0.1) is 17.0 Å². The maximum Gasteiger partial charge on any atom is 0.230 e. The summed E-state index contributed by atoms with van der Waals surface area (Å²) in [7, 11) is 0. The Balaban J connectivity index is 2.10. The van der Waals surface area contributed by atoms with E-state index in [1.807, 2.05) is 0 Å². The molecule has 5 heteroatoms. The van der Waals surface area contributed by atoms with Crippen molar-refractivity contribution < 1.29 is 9.21 Å². The summed E-state index contributed by atoms with van der Waals surface area (Å²) in [5.41, 5.74) is 2.41. The van der Waals surface area contributed by atoms with Crippen molar-refractivity contribution in [3.63, 3.8) is 0 Å². The standard InChI is InChI=1S/C15H11ClN2O2/c1-8-5-12(9(2)18-17-8)15(19)14-7-10-6-11(16)3-4-13(10)20-14/h3-7H,1-2H3. The molecule has 3 rings (SSSR count). The van der Waals surface area contributed by atoms with E-state index in [4.69, 9.17) is 16.0 Å². The second kappa shape index (κ2) is 4.72. The van der Waals surface area contributed by atoms with Crippen LogP contribution < -0.4 is 0 Å². The van der Waals surface area contributed by atoms with E-state index >= 15 is 0 Å². The summed E-state index contributed by atoms with van der Waals surface area (Å²) in [6, 6.07) is 8.64. The van der Waals surface area contributed by atoms with Crippen molar-refractivity contribution in [2.75, 3.05) is 0 Å². The third-order valence-corrected chi connectivity index (χ3v) is 3.28. The summed E-state index contributed by atoms with van der Waals surface area (Å²) in [5, 5.41) is 9.29. The molecule has 0 saturated heterocycles. The molecule has 0 spiro atoms. The third-order valence-electron chi connectivity index (χ3n) is 3.05. The maximum absolute atomic E-state index is 12.5. The lowest BCUT2D eigenvalue weighted by Gasteiger charge is -2.01. The summed E-state index contributed by atoms with van der Waals surface area (Å²) >= 11 is 5.93. The van der Waals surface area contributed by atoms with Crippen LogP contribution in [0.25, 0.3) is 11.0 Å². The zero-order valence-electron chi connectivity index (χ0n) is 11.0. The first kappa shape index (κ1) is 12.8. The fourth-order valence-corrected chi connectivity index (χ4v) is 2.22. The molecular formula is C15H11ClN2O2. The molecule has 0 fully saturated rings. The van der Waals surface area contributed by atoms with E-state index in [0.29, 0.717) is 27.6 Å². The molecule has 0 N–H and O–H groups in total. The van der Waals surface area contributed by atoms with Crippen LogP contribution in [0, 0.1) is 13.8 Å². The first-order valence-corrected chi connectivity index (χ1v) is 6.47. The van der Waals surface area contributed by atoms with Crippen LogP contribution in [0.2, 0.25) is 5.02 Å². The van der Waals surface area contributed by atoms with Gasteiger partial charge in [0.15, 0.2) is 5.76 Å². The summed E-state index contributed by atoms with van der Waals surface area (Å²) in [5.74, 6) is 0.0746. The van der Waals surface area contributed by atoms with Crippen molar-refractivity contribution in [1.29, 1.82) is 0 Å². The molecule has 0 aliphatic rings. The van der Waals surface area contributed by atoms with Gasteiger partial charge in [-0.05, 0) is 44.2 Å². The minimum atomic E-state index is -0.201. The average Bonchev–Trinajstić information content (AvgIpc) is 2.83. The lowest BCUT2D eigenvalue weighted by Crippen LogP contribution is -2.06. The van der Waals surface area contributed by atoms with Gasteiger partial charge < -0.3 is 4.42 Å². The second-order valence-electron chi connectivity index (χ2n) is 4.61. The lowest BCUT2D eigenvalue weighted by molar-refractivity contribution is 0.101. The Bertz CT molecular complexity index is 824. The minimum Gasteiger partial charge on any atom is -0.453 e. The van der Waals surface area contributed by atoms with Crippen LogP contribution in [0.3, 0.4) is 0 Å². The van der Waals surface area contributed by atoms with Gasteiger partial charge in [-0.1, -0.05) is 11.6 Å². The number of aromatic nitrogens is 2. The molecule has 0 amide bonds. The van der Waals surface area contributed by atoms with E-state index in [9.17, 15) is 4.79 Å². The van der Waals surface area contributed by atoms with Crippen LogP contribution in [0.1, 0.15) is 27.5 Å². The van der Waals surface area contributed by atoms with Gasteiger partial charge in [-0.15, -0.1) is 0 Å². The molecule has 3 aromatic rings. The van der Waals surface area contributed by atoms with Crippen LogP contribution in [0.5, 0.6) is 0 Å². The predicted molar refractivity (Wildman–Crippen MR) is 76.2 cm³/mol. The minimum absolute atomic E-state index is 0.201. The molecule has 100 valence electrons. The number of aryl methyl sites for hydroxylation is 2. The van der Waals surface area contributed by atoms with Crippen LogP contribution >= 0.6 is 11.6 Å². The first-order chi connectivity index (χ1) is 9.54. The molecule has 20 heavy (non-hydrogen) atoms. The second-order valence-corrected chi connectivity index (χ2v) is 5.04. The van der Waals surface area contributed by atoms with Gasteiger partial charge in [0.2, 0.25) is 5.78 Å². The summed E-state index contributed by atoms with van der Waals surface area (Å²) in [6.45, 7) is 3.54. The molecule has 0 atom stereocenters. The number of carbonyl (C=O) groups excluding carboxylic acids is 1. The fourth-order valence-electron chi connectivity index (χ4n) is 2.04. The Morgan fingerprint density at radius 1 is 1.15 bits per heavy atom. The van der Waals surface area contributed by atoms with Crippen molar-refractivity contribution in [1.82, 2.24) is 10.2 Å². The number of ketones is 1. The molecule has 0 aliphatic carbocycles. The van der Waals surface area contributed by atoms with E-state index in [1.54, 1.807) is 44.2 Å². The third kappa shape index (κ3) is 2.18. The maximum atomic E-state index is 12.5. The van der Waals surface area contributed by atoms with Gasteiger partial charge in [0, 0.05) is 10.4 Å². The van der Waals surface area contributed by atoms with Crippen LogP contribution in [-0.4, -0.2) is 16.0 Å². The molecule has 0 radical (unpaired) electrons. The fraction of sp³-hybridized carbons (Fsp3) is 0.133. The summed E-state index contributed by atoms with van der Waals surface area (Å²) < 4.78 is 5.58. The van der Waals surface area contributed by atoms with Crippen molar-refractivity contribution in [2.24, 2.45) is 0 Å². The quantitative estimate of drug-likeness (QED) is 0.674. The van der Waals surface area contributed by atoms with Gasteiger partial charge in [-0.25, -0.2) is 0 Å². The number of nitrogens with zero attached hydrogens (tertiary/aromatic N) is 2. The van der Waals surface area contributed by atoms with Gasteiger partial charge in [0.25, 0.3) is 0 Å². The number of hydrogen-bond acceptors (Lipinski definition) is 4. The Morgan fingerprint density at radius 3 is 2.75 bits per heavy atom. The zero-order chi connectivity index (χ0) is 14.3. The monoisotopic (exact) mass is 286 g/mol. The SMILES string of the molecule is Cc1cc(C(=O)c2cc3cc(Cl)ccc3o2)c(C)nn1. The molecule has 1 aromatic carbocycles. The van der Waals surface area contributed by atoms with Crippen LogP contribution in [-0.2, 0) is 0 Å². The van der Waals surface area contributed by atoms with Crippen LogP contribution in [0.15, 0.2) is 34.7 Å². The predicted octanol–water partition coefficient (Wildman–Crippen LogP) is 3.72. The van der Waals surface area contributed by atoms with E-state index in [2.05, 4.69) is 10.2 Å². The summed E-state index contributed by atoms with van der Waals surface area (Å²) in [4.78, 5) is 12.5. The molecule has 2 heterocycles. The van der Waals surface area contributed by atoms with Crippen molar-refractivity contribution in [2.45, 2.75) is 13.8 Å². The lowest BCUT2D eigenvalue weighted by atomic mass is 10.1. The van der Waals surface area contributed by atoms with Gasteiger partial charge in [-0.2, -0.15) is 10.2 Å². The smallest absolute Gasteiger partial charge is 0.230 e. The van der Waals surface area contributed by atoms with Crippen LogP contribution in [0.4, 0.5) is 0 Å². The van der Waals surface area contributed by atoms with E-state index in [-0.39, 0.29) is 11.5 Å². The Hall–Kier alpha value is -2.20. The van der Waals surface area contributed by atoms with Crippen molar-refractivity contribution in [3.05, 3.63) is 58.1 Å². The highest BCUT2D eigenvalue weighted by Crippen LogP contribution is 2.25. The number of hydrogen-bond donors (Lipinski definition) is 0. The number of benzene rings is 1. The molecule has 0 aliphatic heterocycles. The molecule has 0 unspecified atom stereocenters. The number of fused-ring (bicyclic) bond motifs is 1. The molecular weight excluding hydrogens is 276 g/mol. The van der Waals surface area contributed by atoms with E-state index in [0.717, 1.165) is 5.39 Å². The molecule has 0 bridgehead atoms. The normalized spacial score (nSPS) is 10.9. The number of halogens is 1. The Labute approximate surface area is 120 Å². The summed E-state index contributed by atoms with van der Waals surface area (Å²) in [6.07, 6.45) is 0. The molecule has 4 nitrogen and oxygen atoms in total. The number of carbonyl (C=O) groups is 1. The molecule has 0 saturated carbocycles. The highest BCUT2D eigenvalue weighted by molar-refractivity contribution is 6.31.